The summed E-state index contributed by atoms with van der Waals surface area (Å²) in [4.78, 5) is 0. The van der Waals surface area contributed by atoms with Gasteiger partial charge in [-0.1, -0.05) is 54.9 Å². The van der Waals surface area contributed by atoms with Crippen LogP contribution in [0.1, 0.15) is 132 Å². The molecule has 3 nitrogen and oxygen atoms in total. The molecule has 13 atom stereocenters. The molecule has 0 amide bonds. The maximum absolute atomic E-state index is 10.3. The molecular weight excluding hydrogens is 468 g/mol. The largest absolute Gasteiger partial charge is 0.388 e. The van der Waals surface area contributed by atoms with Gasteiger partial charge in [-0.2, -0.15) is 0 Å². The van der Waals surface area contributed by atoms with Crippen LogP contribution < -0.4 is 0 Å². The van der Waals surface area contributed by atoms with Crippen LogP contribution in [0, 0.1) is 62.6 Å². The lowest BCUT2D eigenvalue weighted by Gasteiger charge is -2.73. The molecule has 3 heteroatoms. The maximum atomic E-state index is 10.3. The quantitative estimate of drug-likeness (QED) is 0.388. The van der Waals surface area contributed by atoms with Crippen LogP contribution in [-0.4, -0.2) is 35.1 Å². The average Bonchev–Trinajstić information content (AvgIpc) is 3.36. The second-order valence-corrected chi connectivity index (χ2v) is 17.3. The third kappa shape index (κ3) is 3.75. The predicted molar refractivity (Wildman–Crippen MR) is 155 cm³/mol. The molecule has 6 fully saturated rings. The summed E-state index contributed by atoms with van der Waals surface area (Å²) in [5, 5.41) is 20.2. The minimum absolute atomic E-state index is 0.175. The Hall–Kier alpha value is -0.120. The van der Waals surface area contributed by atoms with Crippen molar-refractivity contribution >= 4 is 0 Å². The highest BCUT2D eigenvalue weighted by Gasteiger charge is 2.70. The zero-order valence-corrected chi connectivity index (χ0v) is 25.9. The summed E-state index contributed by atoms with van der Waals surface area (Å²) in [5.74, 6) is 5.03. The fourth-order valence-corrected chi connectivity index (χ4v) is 13.6. The molecule has 1 saturated heterocycles. The van der Waals surface area contributed by atoms with Gasteiger partial charge in [-0.05, 0) is 140 Å². The third-order valence-corrected chi connectivity index (χ3v) is 15.7. The van der Waals surface area contributed by atoms with Crippen LogP contribution in [0.5, 0.6) is 0 Å². The highest BCUT2D eigenvalue weighted by Crippen LogP contribution is 2.78. The Labute approximate surface area is 234 Å². The van der Waals surface area contributed by atoms with Crippen molar-refractivity contribution in [3.63, 3.8) is 0 Å². The fourth-order valence-electron chi connectivity index (χ4n) is 13.6. The number of ether oxygens (including phenoxy) is 1. The Balaban J connectivity index is 1.21. The second kappa shape index (κ2) is 9.19. The number of rotatable bonds is 4. The fraction of sp³-hybridized carbons (Fsp3) is 1.00. The van der Waals surface area contributed by atoms with Crippen LogP contribution in [0.3, 0.4) is 0 Å². The van der Waals surface area contributed by atoms with Gasteiger partial charge in [0.25, 0.3) is 0 Å². The van der Waals surface area contributed by atoms with E-state index >= 15 is 0 Å². The highest BCUT2D eigenvalue weighted by atomic mass is 16.5. The van der Waals surface area contributed by atoms with Crippen molar-refractivity contribution in [2.45, 2.75) is 150 Å². The summed E-state index contributed by atoms with van der Waals surface area (Å²) in [5.41, 5.74) is 2.51. The lowest BCUT2D eigenvalue weighted by atomic mass is 9.32. The van der Waals surface area contributed by atoms with Crippen molar-refractivity contribution < 1.29 is 14.9 Å². The maximum Gasteiger partial charge on any atom is 0.108 e. The molecule has 2 N–H and O–H groups in total. The summed E-state index contributed by atoms with van der Waals surface area (Å²) in [6.45, 7) is 19.0. The molecule has 13 unspecified atom stereocenters. The molecule has 0 spiro atoms. The number of aliphatic hydroxyl groups excluding tert-OH is 2. The van der Waals surface area contributed by atoms with Gasteiger partial charge in [0.2, 0.25) is 0 Å². The Bertz CT molecular complexity index is 900. The second-order valence-electron chi connectivity index (χ2n) is 17.3. The van der Waals surface area contributed by atoms with Gasteiger partial charge in [0.15, 0.2) is 0 Å². The first kappa shape index (κ1) is 28.0. The van der Waals surface area contributed by atoms with E-state index in [2.05, 4.69) is 48.5 Å². The first-order valence-corrected chi connectivity index (χ1v) is 16.8. The van der Waals surface area contributed by atoms with Crippen molar-refractivity contribution in [3.05, 3.63) is 0 Å². The molecule has 1 aliphatic heterocycles. The van der Waals surface area contributed by atoms with E-state index < -0.39 is 12.2 Å². The van der Waals surface area contributed by atoms with Crippen LogP contribution >= 0.6 is 0 Å². The molecule has 38 heavy (non-hydrogen) atoms. The van der Waals surface area contributed by atoms with Crippen LogP contribution in [0.2, 0.25) is 0 Å². The zero-order chi connectivity index (χ0) is 27.3. The van der Waals surface area contributed by atoms with Crippen LogP contribution in [0.4, 0.5) is 0 Å². The standard InChI is InChI=1S/C35H60O3/c1-22(9-10-26-30(37)25(36)21-38-26)23-13-18-32(4)24(23)14-19-34(6)28(32)11-12-29-33(5)17-8-16-31(2,3)27(33)15-20-35(29,34)7/h22-30,36-37H,8-21H2,1-7H3. The Morgan fingerprint density at radius 2 is 1.39 bits per heavy atom. The molecule has 1 heterocycles. The normalized spacial score (nSPS) is 56.4. The topological polar surface area (TPSA) is 49.7 Å². The molecule has 5 saturated carbocycles. The number of hydrogen-bond donors (Lipinski definition) is 2. The van der Waals surface area contributed by atoms with E-state index in [1.165, 1.54) is 70.6 Å². The molecule has 6 rings (SSSR count). The van der Waals surface area contributed by atoms with Crippen molar-refractivity contribution in [1.82, 2.24) is 0 Å². The van der Waals surface area contributed by atoms with Gasteiger partial charge in [0.05, 0.1) is 12.7 Å². The summed E-state index contributed by atoms with van der Waals surface area (Å²) >= 11 is 0. The molecule has 0 bridgehead atoms. The molecular formula is C35H60O3. The summed E-state index contributed by atoms with van der Waals surface area (Å²) in [6, 6.07) is 0. The zero-order valence-electron chi connectivity index (χ0n) is 25.9. The summed E-state index contributed by atoms with van der Waals surface area (Å²) < 4.78 is 5.72. The Morgan fingerprint density at radius 1 is 0.737 bits per heavy atom. The van der Waals surface area contributed by atoms with E-state index in [4.69, 9.17) is 4.74 Å². The van der Waals surface area contributed by atoms with Crippen LogP contribution in [-0.2, 0) is 4.74 Å². The molecule has 0 aromatic carbocycles. The van der Waals surface area contributed by atoms with Crippen molar-refractivity contribution in [2.75, 3.05) is 6.61 Å². The van der Waals surface area contributed by atoms with E-state index in [1.54, 1.807) is 0 Å². The SMILES string of the molecule is CC(CCC1OCC(O)C1O)C1CCC2(C)C1CCC1(C)C2CCC2C3(C)CCCC(C)(C)C3CCC21C. The third-order valence-electron chi connectivity index (χ3n) is 15.7. The van der Waals surface area contributed by atoms with Crippen molar-refractivity contribution in [2.24, 2.45) is 62.6 Å². The van der Waals surface area contributed by atoms with Gasteiger partial charge in [0, 0.05) is 0 Å². The molecule has 6 aliphatic rings. The summed E-state index contributed by atoms with van der Waals surface area (Å²) in [6.07, 6.45) is 16.3. The van der Waals surface area contributed by atoms with E-state index in [1.807, 2.05) is 0 Å². The van der Waals surface area contributed by atoms with Gasteiger partial charge in [-0.25, -0.2) is 0 Å². The molecule has 218 valence electrons. The van der Waals surface area contributed by atoms with Gasteiger partial charge in [-0.3, -0.25) is 0 Å². The summed E-state index contributed by atoms with van der Waals surface area (Å²) in [7, 11) is 0. The molecule has 5 aliphatic carbocycles. The van der Waals surface area contributed by atoms with E-state index in [9.17, 15) is 10.2 Å². The average molecular weight is 529 g/mol. The minimum atomic E-state index is -0.700. The number of aliphatic hydroxyl groups is 2. The predicted octanol–water partition coefficient (Wildman–Crippen LogP) is 8.01. The molecule has 0 aromatic heterocycles. The van der Waals surface area contributed by atoms with Crippen LogP contribution in [0.25, 0.3) is 0 Å². The van der Waals surface area contributed by atoms with Gasteiger partial charge in [0.1, 0.15) is 12.2 Å². The first-order chi connectivity index (χ1) is 17.8. The van der Waals surface area contributed by atoms with E-state index in [0.717, 1.165) is 42.4 Å². The van der Waals surface area contributed by atoms with E-state index in [-0.39, 0.29) is 6.10 Å². The number of fused-ring (bicyclic) bond motifs is 7. The van der Waals surface area contributed by atoms with Crippen molar-refractivity contribution in [3.8, 4) is 0 Å². The highest BCUT2D eigenvalue weighted by molar-refractivity contribution is 5.19. The monoisotopic (exact) mass is 528 g/mol. The minimum Gasteiger partial charge on any atom is -0.388 e. The van der Waals surface area contributed by atoms with Gasteiger partial charge < -0.3 is 14.9 Å². The van der Waals surface area contributed by atoms with Gasteiger partial charge >= 0.3 is 0 Å². The molecule has 0 radical (unpaired) electrons. The van der Waals surface area contributed by atoms with Crippen molar-refractivity contribution in [1.29, 1.82) is 0 Å². The Morgan fingerprint density at radius 3 is 2.05 bits per heavy atom. The Kier molecular flexibility index (Phi) is 6.78. The smallest absolute Gasteiger partial charge is 0.108 e. The van der Waals surface area contributed by atoms with Gasteiger partial charge in [-0.15, -0.1) is 0 Å². The molecule has 0 aromatic rings. The number of hydrogen-bond acceptors (Lipinski definition) is 3. The lowest BCUT2D eigenvalue weighted by molar-refractivity contribution is -0.241. The van der Waals surface area contributed by atoms with E-state index in [0.29, 0.717) is 39.6 Å². The van der Waals surface area contributed by atoms with Crippen LogP contribution in [0.15, 0.2) is 0 Å². The first-order valence-electron chi connectivity index (χ1n) is 16.8. The lowest BCUT2D eigenvalue weighted by Crippen LogP contribution is -2.65.